The molecule has 10 heteroatoms. The van der Waals surface area contributed by atoms with E-state index in [0.29, 0.717) is 6.42 Å². The van der Waals surface area contributed by atoms with Crippen LogP contribution in [0.25, 0.3) is 0 Å². The lowest BCUT2D eigenvalue weighted by Gasteiger charge is -2.55. The Bertz CT molecular complexity index is 741. The van der Waals surface area contributed by atoms with Crippen molar-refractivity contribution in [3.05, 3.63) is 11.7 Å². The normalized spacial score (nSPS) is 13.1. The van der Waals surface area contributed by atoms with Crippen molar-refractivity contribution in [1.29, 1.82) is 0 Å². The minimum absolute atomic E-state index is 0.00743. The molecule has 0 saturated heterocycles. The maximum Gasteiger partial charge on any atom is 0.324 e. The Morgan fingerprint density at radius 2 is 0.787 bits per heavy atom. The van der Waals surface area contributed by atoms with Crippen molar-refractivity contribution in [2.75, 3.05) is 71.1 Å². The fourth-order valence-corrected chi connectivity index (χ4v) is 6.87. The van der Waals surface area contributed by atoms with E-state index in [-0.39, 0.29) is 11.7 Å². The summed E-state index contributed by atoms with van der Waals surface area (Å²) in [6, 6.07) is 0. The summed E-state index contributed by atoms with van der Waals surface area (Å²) in [6.07, 6.45) is 25.0. The van der Waals surface area contributed by atoms with E-state index in [1.54, 1.807) is 7.11 Å². The van der Waals surface area contributed by atoms with Crippen molar-refractivity contribution in [2.45, 2.75) is 159 Å². The van der Waals surface area contributed by atoms with Gasteiger partial charge in [-0.25, -0.2) is 0 Å². The molecule has 1 atom stereocenters. The molecule has 0 aromatic carbocycles. The van der Waals surface area contributed by atoms with Crippen molar-refractivity contribution >= 4 is 0 Å². The van der Waals surface area contributed by atoms with Crippen molar-refractivity contribution in [1.82, 2.24) is 0 Å². The molecule has 0 fully saturated rings. The van der Waals surface area contributed by atoms with Crippen LogP contribution in [-0.2, 0) is 47.4 Å². The fourth-order valence-electron chi connectivity index (χ4n) is 6.87. The average molecular weight is 679 g/mol. The van der Waals surface area contributed by atoms with E-state index in [4.69, 9.17) is 47.4 Å². The Hall–Kier alpha value is -1.14. The van der Waals surface area contributed by atoms with Gasteiger partial charge in [0, 0.05) is 49.8 Å². The van der Waals surface area contributed by atoms with E-state index < -0.39 is 23.5 Å². The lowest BCUT2D eigenvalue weighted by molar-refractivity contribution is -0.487. The Morgan fingerprint density at radius 1 is 0.426 bits per heavy atom. The third-order valence-corrected chi connectivity index (χ3v) is 9.49. The van der Waals surface area contributed by atoms with Gasteiger partial charge in [0.15, 0.2) is 0 Å². The second kappa shape index (κ2) is 27.7. The number of rotatable bonds is 34. The molecule has 0 aromatic rings. The summed E-state index contributed by atoms with van der Waals surface area (Å²) in [5, 5.41) is 0. The molecule has 0 radical (unpaired) electrons. The van der Waals surface area contributed by atoms with E-state index in [1.807, 2.05) is 0 Å². The summed E-state index contributed by atoms with van der Waals surface area (Å²) >= 11 is 0. The van der Waals surface area contributed by atoms with Gasteiger partial charge < -0.3 is 47.4 Å². The minimum Gasteiger partial charge on any atom is -0.490 e. The van der Waals surface area contributed by atoms with E-state index in [9.17, 15) is 0 Å². The predicted octanol–water partition coefficient (Wildman–Crippen LogP) is 8.90. The van der Waals surface area contributed by atoms with E-state index in [0.717, 1.165) is 19.3 Å². The lowest BCUT2D eigenvalue weighted by Crippen LogP contribution is -2.77. The molecular formula is C37H74O10. The van der Waals surface area contributed by atoms with Crippen LogP contribution in [0, 0.1) is 0 Å². The molecule has 0 aliphatic carbocycles. The molecule has 0 aromatic heterocycles. The number of hydrogen-bond acceptors (Lipinski definition) is 10. The van der Waals surface area contributed by atoms with Crippen LogP contribution in [0.5, 0.6) is 0 Å². The van der Waals surface area contributed by atoms with Crippen LogP contribution < -0.4 is 0 Å². The highest BCUT2D eigenvalue weighted by atomic mass is 16.8. The summed E-state index contributed by atoms with van der Waals surface area (Å²) in [5.41, 5.74) is 0. The second-order valence-corrected chi connectivity index (χ2v) is 12.2. The molecule has 0 amide bonds. The maximum absolute atomic E-state index is 6.11. The first kappa shape index (κ1) is 45.9. The van der Waals surface area contributed by atoms with Gasteiger partial charge in [0.1, 0.15) is 6.10 Å². The molecule has 10 nitrogen and oxygen atoms in total. The number of methoxy groups -OCH3 is 10. The summed E-state index contributed by atoms with van der Waals surface area (Å²) in [7, 11) is 14.6. The molecule has 282 valence electrons. The predicted molar refractivity (Wildman–Crippen MR) is 187 cm³/mol. The molecule has 0 heterocycles. The fraction of sp³-hybridized carbons (Fsp3) is 0.946. The smallest absolute Gasteiger partial charge is 0.324 e. The van der Waals surface area contributed by atoms with Crippen molar-refractivity contribution in [2.24, 2.45) is 0 Å². The SMILES string of the molecule is CCCCCCCCCCCCCCCCCCCCCC(OC)C(OC)(OC)C(OC)(OC)C(OC)(OC)C(OC)=C(OC)OC. The van der Waals surface area contributed by atoms with Crippen molar-refractivity contribution in [3.63, 3.8) is 0 Å². The van der Waals surface area contributed by atoms with Crippen LogP contribution in [-0.4, -0.2) is 94.6 Å². The van der Waals surface area contributed by atoms with E-state index in [1.165, 1.54) is 167 Å². The van der Waals surface area contributed by atoms with Gasteiger partial charge in [0.05, 0.1) is 21.3 Å². The number of unbranched alkanes of at least 4 members (excludes halogenated alkanes) is 18. The first-order valence-electron chi connectivity index (χ1n) is 18.1. The molecule has 47 heavy (non-hydrogen) atoms. The molecule has 0 saturated carbocycles. The standard InChI is InChI=1S/C37H74O10/c1-12-13-14-15-16-17-18-19-20-21-22-23-24-25-26-27-28-29-30-31-32(38-2)35(42-6,43-7)37(46-10,47-11)36(44-8,45-9)33(39-3)34(40-4)41-5/h32H,12-31H2,1-11H3. The zero-order valence-electron chi connectivity index (χ0n) is 32.3. The highest BCUT2D eigenvalue weighted by molar-refractivity contribution is 5.19. The van der Waals surface area contributed by atoms with Gasteiger partial charge in [0.25, 0.3) is 17.4 Å². The third-order valence-electron chi connectivity index (χ3n) is 9.49. The third kappa shape index (κ3) is 12.9. The largest absolute Gasteiger partial charge is 0.490 e. The molecule has 0 N–H and O–H groups in total. The van der Waals surface area contributed by atoms with Crippen LogP contribution in [0.2, 0.25) is 0 Å². The van der Waals surface area contributed by atoms with Gasteiger partial charge in [-0.3, -0.25) is 0 Å². The zero-order chi connectivity index (χ0) is 35.4. The van der Waals surface area contributed by atoms with Gasteiger partial charge in [-0.1, -0.05) is 129 Å². The van der Waals surface area contributed by atoms with Gasteiger partial charge in [-0.2, -0.15) is 0 Å². The monoisotopic (exact) mass is 679 g/mol. The van der Waals surface area contributed by atoms with E-state index in [2.05, 4.69) is 6.92 Å². The maximum atomic E-state index is 6.11. The van der Waals surface area contributed by atoms with Crippen molar-refractivity contribution < 1.29 is 47.4 Å². The Kier molecular flexibility index (Phi) is 27.0. The second-order valence-electron chi connectivity index (χ2n) is 12.2. The van der Waals surface area contributed by atoms with Gasteiger partial charge >= 0.3 is 5.95 Å². The van der Waals surface area contributed by atoms with Gasteiger partial charge in [-0.15, -0.1) is 0 Å². The summed E-state index contributed by atoms with van der Waals surface area (Å²) in [5.74, 6) is -5.56. The van der Waals surface area contributed by atoms with Crippen LogP contribution in [0.4, 0.5) is 0 Å². The highest BCUT2D eigenvalue weighted by Crippen LogP contribution is 2.50. The summed E-state index contributed by atoms with van der Waals surface area (Å²) < 4.78 is 59.0. The topological polar surface area (TPSA) is 92.3 Å². The first-order valence-corrected chi connectivity index (χ1v) is 18.1. The molecule has 0 aliphatic rings. The van der Waals surface area contributed by atoms with Gasteiger partial charge in [-0.05, 0) is 6.42 Å². The highest BCUT2D eigenvalue weighted by Gasteiger charge is 2.75. The van der Waals surface area contributed by atoms with E-state index >= 15 is 0 Å². The molecule has 0 rings (SSSR count). The van der Waals surface area contributed by atoms with Gasteiger partial charge in [0.2, 0.25) is 5.76 Å². The summed E-state index contributed by atoms with van der Waals surface area (Å²) in [6.45, 7) is 2.28. The van der Waals surface area contributed by atoms with Crippen LogP contribution in [0.3, 0.4) is 0 Å². The Balaban J connectivity index is 5.01. The molecular weight excluding hydrogens is 604 g/mol. The molecule has 0 spiro atoms. The van der Waals surface area contributed by atoms with Crippen LogP contribution >= 0.6 is 0 Å². The minimum atomic E-state index is -1.94. The van der Waals surface area contributed by atoms with Crippen molar-refractivity contribution in [3.8, 4) is 0 Å². The molecule has 0 bridgehead atoms. The number of ether oxygens (including phenoxy) is 10. The van der Waals surface area contributed by atoms with Crippen LogP contribution in [0.15, 0.2) is 11.7 Å². The van der Waals surface area contributed by atoms with Crippen LogP contribution in [0.1, 0.15) is 135 Å². The zero-order valence-corrected chi connectivity index (χ0v) is 32.3. The quantitative estimate of drug-likeness (QED) is 0.0373. The average Bonchev–Trinajstić information content (AvgIpc) is 3.11. The Labute approximate surface area is 288 Å². The molecule has 0 aliphatic heterocycles. The molecule has 1 unspecified atom stereocenters. The first-order chi connectivity index (χ1) is 22.9. The Morgan fingerprint density at radius 3 is 1.04 bits per heavy atom. The number of hydrogen-bond donors (Lipinski definition) is 0. The summed E-state index contributed by atoms with van der Waals surface area (Å²) in [4.78, 5) is 0. The lowest BCUT2D eigenvalue weighted by atomic mass is 9.86.